The maximum atomic E-state index is 9.89. The minimum absolute atomic E-state index is 0.0538. The summed E-state index contributed by atoms with van der Waals surface area (Å²) in [6, 6.07) is 20.5. The van der Waals surface area contributed by atoms with Gasteiger partial charge in [-0.2, -0.15) is 0 Å². The van der Waals surface area contributed by atoms with Crippen molar-refractivity contribution in [2.24, 2.45) is 0 Å². The first kappa shape index (κ1) is 28.8. The summed E-state index contributed by atoms with van der Waals surface area (Å²) in [5.74, 6) is 1.38. The Morgan fingerprint density at radius 3 is 1.84 bits per heavy atom. The molecule has 1 fully saturated rings. The SMILES string of the molecule is Cc1c(Nc2nccc3cc(CO)cnc23)cccc1-c1cccc(Nc2nccc3cc(CN4CC[C@@H](O)C4)cnc23)c1C. The molecule has 9 nitrogen and oxygen atoms in total. The molecule has 0 saturated carbocycles. The Kier molecular flexibility index (Phi) is 7.81. The molecule has 4 aromatic heterocycles. The Morgan fingerprint density at radius 2 is 1.31 bits per heavy atom. The number of fused-ring (bicyclic) bond motifs is 2. The van der Waals surface area contributed by atoms with Gasteiger partial charge in [-0.15, -0.1) is 0 Å². The molecule has 6 aromatic rings. The second-order valence-corrected chi connectivity index (χ2v) is 11.7. The third kappa shape index (κ3) is 5.81. The molecule has 1 saturated heterocycles. The van der Waals surface area contributed by atoms with E-state index < -0.39 is 0 Å². The molecular formula is C36H35N7O2. The molecule has 1 aliphatic heterocycles. The molecule has 45 heavy (non-hydrogen) atoms. The van der Waals surface area contributed by atoms with Gasteiger partial charge in [-0.3, -0.25) is 14.9 Å². The Morgan fingerprint density at radius 1 is 0.756 bits per heavy atom. The summed E-state index contributed by atoms with van der Waals surface area (Å²) in [4.78, 5) is 20.8. The second-order valence-electron chi connectivity index (χ2n) is 11.7. The zero-order valence-corrected chi connectivity index (χ0v) is 25.3. The number of β-amino-alcohol motifs (C(OH)–C–C–N with tert-alkyl or cyclic N) is 1. The van der Waals surface area contributed by atoms with Gasteiger partial charge in [-0.1, -0.05) is 24.3 Å². The fourth-order valence-electron chi connectivity index (χ4n) is 6.16. The molecular weight excluding hydrogens is 562 g/mol. The van der Waals surface area contributed by atoms with Gasteiger partial charge in [0.1, 0.15) is 11.0 Å². The summed E-state index contributed by atoms with van der Waals surface area (Å²) in [6.45, 7) is 6.56. The van der Waals surface area contributed by atoms with Crippen molar-refractivity contribution in [3.05, 3.63) is 108 Å². The number of hydrogen-bond donors (Lipinski definition) is 4. The smallest absolute Gasteiger partial charge is 0.156 e. The van der Waals surface area contributed by atoms with Crippen LogP contribution in [-0.4, -0.2) is 54.2 Å². The van der Waals surface area contributed by atoms with Crippen LogP contribution in [0.15, 0.2) is 85.5 Å². The number of anilines is 4. The monoisotopic (exact) mass is 597 g/mol. The summed E-state index contributed by atoms with van der Waals surface area (Å²) >= 11 is 0. The summed E-state index contributed by atoms with van der Waals surface area (Å²) < 4.78 is 0. The number of aliphatic hydroxyl groups is 2. The van der Waals surface area contributed by atoms with Crippen LogP contribution in [0.25, 0.3) is 32.9 Å². The Labute approximate surface area is 261 Å². The van der Waals surface area contributed by atoms with Crippen molar-refractivity contribution in [1.82, 2.24) is 24.8 Å². The minimum atomic E-state index is -0.236. The highest BCUT2D eigenvalue weighted by Crippen LogP contribution is 2.36. The predicted molar refractivity (Wildman–Crippen MR) is 179 cm³/mol. The van der Waals surface area contributed by atoms with Crippen molar-refractivity contribution >= 4 is 44.8 Å². The van der Waals surface area contributed by atoms with Crippen LogP contribution < -0.4 is 10.6 Å². The lowest BCUT2D eigenvalue weighted by Crippen LogP contribution is -2.21. The number of benzene rings is 2. The van der Waals surface area contributed by atoms with Gasteiger partial charge >= 0.3 is 0 Å². The first-order chi connectivity index (χ1) is 22.0. The van der Waals surface area contributed by atoms with Crippen molar-refractivity contribution in [2.45, 2.75) is 39.5 Å². The topological polar surface area (TPSA) is 119 Å². The highest BCUT2D eigenvalue weighted by Gasteiger charge is 2.20. The van der Waals surface area contributed by atoms with Crippen LogP contribution in [0.1, 0.15) is 28.7 Å². The lowest BCUT2D eigenvalue weighted by atomic mass is 9.94. The Balaban J connectivity index is 1.17. The molecule has 1 atom stereocenters. The third-order valence-electron chi connectivity index (χ3n) is 8.61. The molecule has 1 aliphatic rings. The molecule has 0 aliphatic carbocycles. The third-order valence-corrected chi connectivity index (χ3v) is 8.61. The van der Waals surface area contributed by atoms with Gasteiger partial charge in [0, 0.05) is 66.6 Å². The van der Waals surface area contributed by atoms with Crippen molar-refractivity contribution < 1.29 is 10.2 Å². The molecule has 0 spiro atoms. The number of nitrogens with one attached hydrogen (secondary N) is 2. The van der Waals surface area contributed by atoms with E-state index in [2.05, 4.69) is 74.7 Å². The molecule has 7 rings (SSSR count). The number of rotatable bonds is 8. The standard InChI is InChI=1S/C36H35N7O2/c1-22-29(30-6-4-8-32(23(30)2)42-36-34-27(10-13-38-36)16-25(21-44)18-40-34)5-3-7-31(22)41-35-33-26(9-12-37-35)15-24(17-39-33)19-43-14-11-28(45)20-43/h3-10,12-13,15-18,28,44-45H,11,14,19-21H2,1-2H3,(H,37,41)(H,38,42)/t28-/m1/s1. The second kappa shape index (κ2) is 12.2. The Hall–Kier alpha value is -4.96. The maximum absolute atomic E-state index is 9.89. The van der Waals surface area contributed by atoms with Crippen LogP contribution in [0.3, 0.4) is 0 Å². The molecule has 4 N–H and O–H groups in total. The molecule has 0 bridgehead atoms. The van der Waals surface area contributed by atoms with Gasteiger partial charge in [-0.25, -0.2) is 9.97 Å². The molecule has 0 amide bonds. The summed E-state index contributed by atoms with van der Waals surface area (Å²) in [5.41, 5.74) is 9.77. The molecule has 2 aromatic carbocycles. The van der Waals surface area contributed by atoms with Crippen LogP contribution >= 0.6 is 0 Å². The lowest BCUT2D eigenvalue weighted by Gasteiger charge is -2.18. The number of hydrogen-bond acceptors (Lipinski definition) is 9. The van der Waals surface area contributed by atoms with E-state index in [0.717, 1.165) is 86.1 Å². The summed E-state index contributed by atoms with van der Waals surface area (Å²) in [5, 5.41) is 28.4. The summed E-state index contributed by atoms with van der Waals surface area (Å²) in [6.07, 6.45) is 7.75. The van der Waals surface area contributed by atoms with Gasteiger partial charge in [0.05, 0.1) is 12.7 Å². The van der Waals surface area contributed by atoms with Crippen LogP contribution in [-0.2, 0) is 13.2 Å². The fraction of sp³-hybridized carbons (Fsp3) is 0.222. The average Bonchev–Trinajstić information content (AvgIpc) is 3.47. The first-order valence-electron chi connectivity index (χ1n) is 15.2. The molecule has 5 heterocycles. The normalized spacial score (nSPS) is 15.2. The number of likely N-dealkylation sites (tertiary alicyclic amines) is 1. The average molecular weight is 598 g/mol. The van der Waals surface area contributed by atoms with Crippen LogP contribution in [0, 0.1) is 13.8 Å². The van der Waals surface area contributed by atoms with E-state index in [-0.39, 0.29) is 12.7 Å². The number of nitrogens with zero attached hydrogens (tertiary/aromatic N) is 5. The van der Waals surface area contributed by atoms with Crippen LogP contribution in [0.5, 0.6) is 0 Å². The Bertz CT molecular complexity index is 2030. The van der Waals surface area contributed by atoms with E-state index in [4.69, 9.17) is 4.98 Å². The summed E-state index contributed by atoms with van der Waals surface area (Å²) in [7, 11) is 0. The first-order valence-corrected chi connectivity index (χ1v) is 15.2. The molecule has 226 valence electrons. The maximum Gasteiger partial charge on any atom is 0.156 e. The van der Waals surface area contributed by atoms with Crippen LogP contribution in [0.4, 0.5) is 23.0 Å². The van der Waals surface area contributed by atoms with E-state index >= 15 is 0 Å². The van der Waals surface area contributed by atoms with Crippen LogP contribution in [0.2, 0.25) is 0 Å². The number of aliphatic hydroxyl groups excluding tert-OH is 2. The van der Waals surface area contributed by atoms with E-state index in [1.165, 1.54) is 0 Å². The van der Waals surface area contributed by atoms with Crippen molar-refractivity contribution in [3.63, 3.8) is 0 Å². The molecule has 0 radical (unpaired) electrons. The largest absolute Gasteiger partial charge is 0.392 e. The van der Waals surface area contributed by atoms with Gasteiger partial charge in [0.25, 0.3) is 0 Å². The van der Waals surface area contributed by atoms with E-state index in [9.17, 15) is 10.2 Å². The van der Waals surface area contributed by atoms with E-state index in [0.29, 0.717) is 18.2 Å². The van der Waals surface area contributed by atoms with Gasteiger partial charge < -0.3 is 20.8 Å². The molecule has 0 unspecified atom stereocenters. The number of pyridine rings is 4. The lowest BCUT2D eigenvalue weighted by molar-refractivity contribution is 0.175. The van der Waals surface area contributed by atoms with Crippen molar-refractivity contribution in [2.75, 3.05) is 23.7 Å². The zero-order valence-electron chi connectivity index (χ0n) is 25.3. The highest BCUT2D eigenvalue weighted by atomic mass is 16.3. The van der Waals surface area contributed by atoms with Gasteiger partial charge in [-0.05, 0) is 90.0 Å². The highest BCUT2D eigenvalue weighted by molar-refractivity contribution is 5.92. The van der Waals surface area contributed by atoms with E-state index in [1.54, 1.807) is 12.4 Å². The van der Waals surface area contributed by atoms with E-state index in [1.807, 2.05) is 42.7 Å². The fourth-order valence-corrected chi connectivity index (χ4v) is 6.16. The predicted octanol–water partition coefficient (Wildman–Crippen LogP) is 6.40. The van der Waals surface area contributed by atoms with Gasteiger partial charge in [0.2, 0.25) is 0 Å². The number of aromatic nitrogens is 4. The van der Waals surface area contributed by atoms with Crippen molar-refractivity contribution in [3.8, 4) is 11.1 Å². The molecule has 9 heteroatoms. The quantitative estimate of drug-likeness (QED) is 0.158. The van der Waals surface area contributed by atoms with Gasteiger partial charge in [0.15, 0.2) is 11.6 Å². The minimum Gasteiger partial charge on any atom is -0.392 e. The zero-order chi connectivity index (χ0) is 30.9. The van der Waals surface area contributed by atoms with Crippen molar-refractivity contribution in [1.29, 1.82) is 0 Å².